The van der Waals surface area contributed by atoms with Crippen LogP contribution in [0.2, 0.25) is 0 Å². The fourth-order valence-corrected chi connectivity index (χ4v) is 2.47. The van der Waals surface area contributed by atoms with Crippen LogP contribution in [-0.2, 0) is 23.6 Å². The molecule has 0 fully saturated rings. The van der Waals surface area contributed by atoms with Gasteiger partial charge in [0.05, 0.1) is 5.56 Å². The zero-order valence-electron chi connectivity index (χ0n) is 15.0. The topological polar surface area (TPSA) is 76.4 Å². The minimum absolute atomic E-state index is 0.0204. The Morgan fingerprint density at radius 2 is 1.79 bits per heavy atom. The number of imidazole rings is 1. The predicted octanol–water partition coefficient (Wildman–Crippen LogP) is 2.77. The minimum atomic E-state index is -5.03. The second kappa shape index (κ2) is 8.31. The number of aromatic nitrogens is 2. The van der Waals surface area contributed by atoms with E-state index in [4.69, 9.17) is 4.74 Å². The minimum Gasteiger partial charge on any atom is -0.484 e. The summed E-state index contributed by atoms with van der Waals surface area (Å²) in [7, 11) is 1.29. The summed E-state index contributed by atoms with van der Waals surface area (Å²) in [6, 6.07) is 3.56. The second-order valence-electron chi connectivity index (χ2n) is 6.13. The van der Waals surface area contributed by atoms with Crippen LogP contribution in [0.3, 0.4) is 0 Å². The van der Waals surface area contributed by atoms with Crippen molar-refractivity contribution in [2.75, 3.05) is 13.2 Å². The van der Waals surface area contributed by atoms with E-state index in [-0.39, 0.29) is 5.75 Å². The lowest BCUT2D eigenvalue weighted by atomic mass is 9.97. The molecule has 1 aromatic heterocycles. The molecule has 0 aliphatic heterocycles. The van der Waals surface area contributed by atoms with Crippen LogP contribution in [0, 0.1) is 0 Å². The number of benzene rings is 1. The number of nitrogens with zero attached hydrogens (tertiary/aromatic N) is 2. The molecule has 0 radical (unpaired) electrons. The third-order valence-electron chi connectivity index (χ3n) is 4.02. The molecule has 2 rings (SSSR count). The number of carbonyl (C=O) groups excluding carboxylic acids is 1. The summed E-state index contributed by atoms with van der Waals surface area (Å²) >= 11 is 0. The summed E-state index contributed by atoms with van der Waals surface area (Å²) < 4.78 is 83.4. The number of aliphatic hydroxyl groups is 1. The zero-order valence-corrected chi connectivity index (χ0v) is 15.0. The number of ether oxygens (including phenoxy) is 1. The van der Waals surface area contributed by atoms with E-state index in [1.807, 2.05) is 0 Å². The molecule has 160 valence electrons. The molecular formula is C17H17F6N3O3. The first kappa shape index (κ1) is 22.5. The number of hydrogen-bond acceptors (Lipinski definition) is 4. The highest BCUT2D eigenvalue weighted by molar-refractivity contribution is 5.77. The second-order valence-corrected chi connectivity index (χ2v) is 6.13. The zero-order chi connectivity index (χ0) is 21.9. The summed E-state index contributed by atoms with van der Waals surface area (Å²) in [6.07, 6.45) is -8.11. The van der Waals surface area contributed by atoms with Gasteiger partial charge in [-0.05, 0) is 24.3 Å². The highest BCUT2D eigenvalue weighted by Crippen LogP contribution is 2.40. The van der Waals surface area contributed by atoms with Crippen molar-refractivity contribution in [3.05, 3.63) is 48.0 Å². The lowest BCUT2D eigenvalue weighted by Crippen LogP contribution is -2.47. The van der Waals surface area contributed by atoms with E-state index in [0.29, 0.717) is 0 Å². The van der Waals surface area contributed by atoms with E-state index in [1.165, 1.54) is 13.2 Å². The van der Waals surface area contributed by atoms with Crippen LogP contribution in [0.4, 0.5) is 26.3 Å². The molecule has 1 aromatic carbocycles. The number of alkyl halides is 6. The van der Waals surface area contributed by atoms with E-state index in [0.717, 1.165) is 35.0 Å². The first-order valence-electron chi connectivity index (χ1n) is 8.18. The maximum atomic E-state index is 13.3. The third-order valence-corrected chi connectivity index (χ3v) is 4.02. The average molecular weight is 425 g/mol. The van der Waals surface area contributed by atoms with Gasteiger partial charge in [-0.15, -0.1) is 0 Å². The molecule has 0 saturated heterocycles. The number of amides is 1. The number of halogens is 6. The monoisotopic (exact) mass is 425 g/mol. The SMILES string of the molecule is Cn1ccnc1C(O)(CCNC(=O)COc1ccc(C(F)(F)F)cc1)C(F)(F)F. The number of hydrogen-bond donors (Lipinski definition) is 2. The van der Waals surface area contributed by atoms with Crippen molar-refractivity contribution in [3.63, 3.8) is 0 Å². The van der Waals surface area contributed by atoms with Crippen LogP contribution in [0.5, 0.6) is 5.75 Å². The molecule has 0 saturated carbocycles. The molecule has 12 heteroatoms. The first-order valence-corrected chi connectivity index (χ1v) is 8.18. The van der Waals surface area contributed by atoms with E-state index in [9.17, 15) is 36.2 Å². The van der Waals surface area contributed by atoms with Crippen molar-refractivity contribution in [2.45, 2.75) is 24.4 Å². The van der Waals surface area contributed by atoms with Gasteiger partial charge in [-0.2, -0.15) is 26.3 Å². The Bertz CT molecular complexity index is 832. The standard InChI is InChI=1S/C17H17F6N3O3/c1-26-9-8-25-14(26)15(28,17(21,22)23)6-7-24-13(27)10-29-12-4-2-11(3-5-12)16(18,19)20/h2-5,8-9,28H,6-7,10H2,1H3,(H,24,27). The van der Waals surface area contributed by atoms with Crippen molar-refractivity contribution in [1.29, 1.82) is 0 Å². The molecule has 2 N–H and O–H groups in total. The van der Waals surface area contributed by atoms with Crippen LogP contribution in [0.1, 0.15) is 17.8 Å². The summed E-state index contributed by atoms with van der Waals surface area (Å²) in [4.78, 5) is 15.3. The highest BCUT2D eigenvalue weighted by Gasteiger charge is 2.57. The van der Waals surface area contributed by atoms with Crippen molar-refractivity contribution in [2.24, 2.45) is 7.05 Å². The van der Waals surface area contributed by atoms with Crippen LogP contribution in [0.25, 0.3) is 0 Å². The molecule has 1 unspecified atom stereocenters. The maximum Gasteiger partial charge on any atom is 0.424 e. The van der Waals surface area contributed by atoms with Crippen LogP contribution >= 0.6 is 0 Å². The Hall–Kier alpha value is -2.76. The average Bonchev–Trinajstić information content (AvgIpc) is 3.05. The van der Waals surface area contributed by atoms with Crippen molar-refractivity contribution in [1.82, 2.24) is 14.9 Å². The smallest absolute Gasteiger partial charge is 0.424 e. The van der Waals surface area contributed by atoms with Gasteiger partial charge in [0, 0.05) is 32.4 Å². The van der Waals surface area contributed by atoms with Crippen LogP contribution in [0.15, 0.2) is 36.7 Å². The molecule has 1 atom stereocenters. The summed E-state index contributed by atoms with van der Waals surface area (Å²) in [5, 5.41) is 12.3. The quantitative estimate of drug-likeness (QED) is 0.669. The molecule has 29 heavy (non-hydrogen) atoms. The molecule has 0 bridgehead atoms. The van der Waals surface area contributed by atoms with Crippen molar-refractivity contribution >= 4 is 5.91 Å². The Balaban J connectivity index is 1.89. The summed E-state index contributed by atoms with van der Waals surface area (Å²) in [5.74, 6) is -1.46. The number of aryl methyl sites for hydroxylation is 1. The van der Waals surface area contributed by atoms with Gasteiger partial charge >= 0.3 is 12.4 Å². The fourth-order valence-electron chi connectivity index (χ4n) is 2.47. The normalized spacial score (nSPS) is 14.3. The van der Waals surface area contributed by atoms with Gasteiger partial charge in [0.1, 0.15) is 11.6 Å². The molecule has 1 heterocycles. The first-order chi connectivity index (χ1) is 13.3. The highest BCUT2D eigenvalue weighted by atomic mass is 19.4. The van der Waals surface area contributed by atoms with Gasteiger partial charge in [-0.3, -0.25) is 4.79 Å². The molecule has 2 aromatic rings. The number of carbonyl (C=O) groups is 1. The number of rotatable bonds is 7. The lowest BCUT2D eigenvalue weighted by Gasteiger charge is -2.29. The lowest BCUT2D eigenvalue weighted by molar-refractivity contribution is -0.272. The van der Waals surface area contributed by atoms with Crippen molar-refractivity contribution < 1.29 is 41.0 Å². The molecule has 0 spiro atoms. The summed E-state index contributed by atoms with van der Waals surface area (Å²) in [6.45, 7) is -1.17. The van der Waals surface area contributed by atoms with E-state index >= 15 is 0 Å². The van der Waals surface area contributed by atoms with E-state index in [1.54, 1.807) is 0 Å². The maximum absolute atomic E-state index is 13.3. The Labute approximate surface area is 161 Å². The van der Waals surface area contributed by atoms with Gasteiger partial charge in [0.2, 0.25) is 5.60 Å². The molecule has 0 aliphatic rings. The molecular weight excluding hydrogens is 408 g/mol. The molecule has 1 amide bonds. The van der Waals surface area contributed by atoms with E-state index in [2.05, 4.69) is 10.3 Å². The molecule has 6 nitrogen and oxygen atoms in total. The summed E-state index contributed by atoms with van der Waals surface area (Å²) in [5.41, 5.74) is -4.16. The third kappa shape index (κ3) is 5.40. The number of nitrogens with one attached hydrogen (secondary N) is 1. The van der Waals surface area contributed by atoms with Gasteiger partial charge < -0.3 is 19.7 Å². The van der Waals surface area contributed by atoms with Gasteiger partial charge in [-0.1, -0.05) is 0 Å². The Kier molecular flexibility index (Phi) is 6.46. The fraction of sp³-hybridized carbons (Fsp3) is 0.412. The molecule has 0 aliphatic carbocycles. The Morgan fingerprint density at radius 1 is 1.17 bits per heavy atom. The van der Waals surface area contributed by atoms with Gasteiger partial charge in [0.25, 0.3) is 5.91 Å². The van der Waals surface area contributed by atoms with E-state index < -0.39 is 54.8 Å². The van der Waals surface area contributed by atoms with Gasteiger partial charge in [0.15, 0.2) is 6.61 Å². The van der Waals surface area contributed by atoms with Crippen LogP contribution in [-0.4, -0.2) is 39.9 Å². The van der Waals surface area contributed by atoms with Gasteiger partial charge in [-0.25, -0.2) is 4.98 Å². The van der Waals surface area contributed by atoms with Crippen molar-refractivity contribution in [3.8, 4) is 5.75 Å². The predicted molar refractivity (Wildman–Crippen MR) is 87.7 cm³/mol. The Morgan fingerprint density at radius 3 is 2.28 bits per heavy atom. The largest absolute Gasteiger partial charge is 0.484 e. The van der Waals surface area contributed by atoms with Crippen LogP contribution < -0.4 is 10.1 Å².